The molecule has 0 spiro atoms. The summed E-state index contributed by atoms with van der Waals surface area (Å²) in [5.41, 5.74) is 1.56. The van der Waals surface area contributed by atoms with Crippen molar-refractivity contribution in [2.24, 2.45) is 0 Å². The van der Waals surface area contributed by atoms with Crippen LogP contribution < -0.4 is 10.1 Å². The molecule has 0 fully saturated rings. The lowest BCUT2D eigenvalue weighted by Crippen LogP contribution is -2.35. The van der Waals surface area contributed by atoms with E-state index < -0.39 is 0 Å². The molecule has 0 radical (unpaired) electrons. The van der Waals surface area contributed by atoms with Crippen LogP contribution in [-0.4, -0.2) is 36.9 Å². The van der Waals surface area contributed by atoms with Gasteiger partial charge in [-0.15, -0.1) is 0 Å². The van der Waals surface area contributed by atoms with Crippen molar-refractivity contribution in [3.05, 3.63) is 59.9 Å². The molecule has 0 heterocycles. The number of hydrogen-bond donors (Lipinski definition) is 1. The first kappa shape index (κ1) is 18.4. The average Bonchev–Trinajstić information content (AvgIpc) is 2.57. The zero-order chi connectivity index (χ0) is 18.2. The third kappa shape index (κ3) is 6.25. The van der Waals surface area contributed by atoms with Gasteiger partial charge in [0.2, 0.25) is 11.8 Å². The van der Waals surface area contributed by atoms with Crippen LogP contribution in [0.2, 0.25) is 0 Å². The normalized spacial score (nSPS) is 10.2. The van der Waals surface area contributed by atoms with Crippen molar-refractivity contribution in [3.8, 4) is 5.75 Å². The van der Waals surface area contributed by atoms with Crippen LogP contribution >= 0.6 is 0 Å². The topological polar surface area (TPSA) is 58.6 Å². The van der Waals surface area contributed by atoms with Gasteiger partial charge in [-0.1, -0.05) is 12.1 Å². The van der Waals surface area contributed by atoms with E-state index in [0.717, 1.165) is 5.56 Å². The quantitative estimate of drug-likeness (QED) is 0.840. The summed E-state index contributed by atoms with van der Waals surface area (Å²) >= 11 is 0. The molecule has 0 aliphatic heterocycles. The highest BCUT2D eigenvalue weighted by Gasteiger charge is 2.13. The number of nitrogens with one attached hydrogen (secondary N) is 1. The van der Waals surface area contributed by atoms with Crippen LogP contribution in [0.15, 0.2) is 48.5 Å². The number of anilines is 1. The number of amides is 2. The zero-order valence-electron chi connectivity index (χ0n) is 14.3. The maximum absolute atomic E-state index is 12.8. The second kappa shape index (κ2) is 8.82. The van der Waals surface area contributed by atoms with Crippen LogP contribution in [0.1, 0.15) is 12.0 Å². The van der Waals surface area contributed by atoms with Gasteiger partial charge < -0.3 is 15.0 Å². The molecule has 0 aliphatic carbocycles. The van der Waals surface area contributed by atoms with Crippen LogP contribution in [0, 0.1) is 12.7 Å². The summed E-state index contributed by atoms with van der Waals surface area (Å²) in [5.74, 6) is -0.201. The summed E-state index contributed by atoms with van der Waals surface area (Å²) in [6, 6.07) is 13.0. The van der Waals surface area contributed by atoms with E-state index in [1.54, 1.807) is 7.05 Å². The summed E-state index contributed by atoms with van der Waals surface area (Å²) < 4.78 is 18.4. The van der Waals surface area contributed by atoms with Gasteiger partial charge in [0.05, 0.1) is 19.6 Å². The maximum atomic E-state index is 12.8. The Morgan fingerprint density at radius 3 is 2.56 bits per heavy atom. The molecule has 0 saturated heterocycles. The molecule has 0 atom stereocenters. The van der Waals surface area contributed by atoms with E-state index in [9.17, 15) is 14.0 Å². The van der Waals surface area contributed by atoms with Gasteiger partial charge in [-0.2, -0.15) is 0 Å². The van der Waals surface area contributed by atoms with E-state index in [1.165, 1.54) is 29.2 Å². The number of benzene rings is 2. The van der Waals surface area contributed by atoms with Gasteiger partial charge in [-0.3, -0.25) is 9.59 Å². The summed E-state index contributed by atoms with van der Waals surface area (Å²) in [6.07, 6.45) is 0.175. The van der Waals surface area contributed by atoms with Crippen molar-refractivity contribution >= 4 is 17.5 Å². The predicted molar refractivity (Wildman–Crippen MR) is 94.0 cm³/mol. The summed E-state index contributed by atoms with van der Waals surface area (Å²) in [4.78, 5) is 25.3. The van der Waals surface area contributed by atoms with Crippen molar-refractivity contribution in [1.82, 2.24) is 4.90 Å². The van der Waals surface area contributed by atoms with E-state index in [0.29, 0.717) is 11.4 Å². The monoisotopic (exact) mass is 344 g/mol. The first-order valence-corrected chi connectivity index (χ1v) is 7.93. The lowest BCUT2D eigenvalue weighted by Gasteiger charge is -2.17. The van der Waals surface area contributed by atoms with Crippen molar-refractivity contribution in [3.63, 3.8) is 0 Å². The molecule has 1 N–H and O–H groups in total. The van der Waals surface area contributed by atoms with Gasteiger partial charge in [-0.05, 0) is 48.9 Å². The number of nitrogens with zero attached hydrogens (tertiary/aromatic N) is 1. The lowest BCUT2D eigenvalue weighted by atomic mass is 10.2. The molecular formula is C19H21FN2O3. The molecule has 0 unspecified atom stereocenters. The first-order valence-electron chi connectivity index (χ1n) is 7.93. The van der Waals surface area contributed by atoms with Crippen molar-refractivity contribution in [2.75, 3.05) is 25.5 Å². The molecule has 2 amide bonds. The molecule has 132 valence electrons. The Labute approximate surface area is 146 Å². The van der Waals surface area contributed by atoms with Gasteiger partial charge in [0, 0.05) is 12.7 Å². The number of carbonyl (C=O) groups is 2. The SMILES string of the molecule is Cc1cccc(OCCC(=O)N(C)CC(=O)Nc2ccc(F)cc2)c1. The molecule has 0 aromatic heterocycles. The number of rotatable bonds is 7. The van der Waals surface area contributed by atoms with E-state index in [-0.39, 0.29) is 37.2 Å². The smallest absolute Gasteiger partial charge is 0.243 e. The number of carbonyl (C=O) groups excluding carboxylic acids is 2. The second-order valence-corrected chi connectivity index (χ2v) is 5.72. The van der Waals surface area contributed by atoms with E-state index in [1.807, 2.05) is 31.2 Å². The number of halogens is 1. The Kier molecular flexibility index (Phi) is 6.51. The van der Waals surface area contributed by atoms with Crippen molar-refractivity contribution < 1.29 is 18.7 Å². The Morgan fingerprint density at radius 1 is 1.16 bits per heavy atom. The number of ether oxygens (including phenoxy) is 1. The van der Waals surface area contributed by atoms with E-state index in [2.05, 4.69) is 5.32 Å². The minimum atomic E-state index is -0.376. The second-order valence-electron chi connectivity index (χ2n) is 5.72. The third-order valence-corrected chi connectivity index (χ3v) is 3.51. The molecule has 0 saturated carbocycles. The van der Waals surface area contributed by atoms with Crippen LogP contribution in [0.5, 0.6) is 5.75 Å². The fourth-order valence-electron chi connectivity index (χ4n) is 2.19. The number of hydrogen-bond acceptors (Lipinski definition) is 3. The molecule has 25 heavy (non-hydrogen) atoms. The van der Waals surface area contributed by atoms with Gasteiger partial charge >= 0.3 is 0 Å². The van der Waals surface area contributed by atoms with Crippen LogP contribution in [0.25, 0.3) is 0 Å². The molecule has 0 aliphatic rings. The third-order valence-electron chi connectivity index (χ3n) is 3.51. The Hall–Kier alpha value is -2.89. The van der Waals surface area contributed by atoms with Crippen molar-refractivity contribution in [1.29, 1.82) is 0 Å². The lowest BCUT2D eigenvalue weighted by molar-refractivity contribution is -0.133. The Balaban J connectivity index is 1.73. The molecule has 2 aromatic carbocycles. The van der Waals surface area contributed by atoms with Crippen LogP contribution in [0.4, 0.5) is 10.1 Å². The van der Waals surface area contributed by atoms with Crippen LogP contribution in [0.3, 0.4) is 0 Å². The molecule has 0 bridgehead atoms. The molecule has 5 nitrogen and oxygen atoms in total. The van der Waals surface area contributed by atoms with Crippen molar-refractivity contribution in [2.45, 2.75) is 13.3 Å². The largest absolute Gasteiger partial charge is 0.493 e. The fraction of sp³-hybridized carbons (Fsp3) is 0.263. The van der Waals surface area contributed by atoms with Gasteiger partial charge in [0.25, 0.3) is 0 Å². The predicted octanol–water partition coefficient (Wildman–Crippen LogP) is 3.00. The molecule has 2 aromatic rings. The summed E-state index contributed by atoms with van der Waals surface area (Å²) in [7, 11) is 1.55. The standard InChI is InChI=1S/C19H21FN2O3/c1-14-4-3-5-17(12-14)25-11-10-19(24)22(2)13-18(23)21-16-8-6-15(20)7-9-16/h3-9,12H,10-11,13H2,1-2H3,(H,21,23). The minimum Gasteiger partial charge on any atom is -0.493 e. The highest BCUT2D eigenvalue weighted by atomic mass is 19.1. The average molecular weight is 344 g/mol. The molecule has 6 heteroatoms. The van der Waals surface area contributed by atoms with E-state index >= 15 is 0 Å². The highest BCUT2D eigenvalue weighted by molar-refractivity contribution is 5.94. The molecular weight excluding hydrogens is 323 g/mol. The first-order chi connectivity index (χ1) is 11.9. The fourth-order valence-corrected chi connectivity index (χ4v) is 2.19. The van der Waals surface area contributed by atoms with Gasteiger partial charge in [0.15, 0.2) is 0 Å². The maximum Gasteiger partial charge on any atom is 0.243 e. The zero-order valence-corrected chi connectivity index (χ0v) is 14.3. The minimum absolute atomic E-state index is 0.0827. The molecule has 2 rings (SSSR count). The summed E-state index contributed by atoms with van der Waals surface area (Å²) in [6.45, 7) is 2.12. The number of likely N-dealkylation sites (N-methyl/N-ethyl adjacent to an activating group) is 1. The Bertz CT molecular complexity index is 732. The summed E-state index contributed by atoms with van der Waals surface area (Å²) in [5, 5.41) is 2.61. The van der Waals surface area contributed by atoms with E-state index in [4.69, 9.17) is 4.74 Å². The Morgan fingerprint density at radius 2 is 1.88 bits per heavy atom. The highest BCUT2D eigenvalue weighted by Crippen LogP contribution is 2.12. The number of aryl methyl sites for hydroxylation is 1. The van der Waals surface area contributed by atoms with Crippen LogP contribution in [-0.2, 0) is 9.59 Å². The van der Waals surface area contributed by atoms with Gasteiger partial charge in [-0.25, -0.2) is 4.39 Å². The van der Waals surface area contributed by atoms with Gasteiger partial charge in [0.1, 0.15) is 11.6 Å².